The van der Waals surface area contributed by atoms with Crippen LogP contribution in [0.25, 0.3) is 10.4 Å². The number of nitrogens with one attached hydrogen (secondary N) is 2. The molecule has 0 aliphatic heterocycles. The van der Waals surface area contributed by atoms with E-state index in [-0.39, 0.29) is 10.6 Å². The number of nitrogens with two attached hydrogens (primary N) is 1. The summed E-state index contributed by atoms with van der Waals surface area (Å²) in [6.07, 6.45) is 3.47. The lowest BCUT2D eigenvalue weighted by Crippen LogP contribution is -2.19. The number of aromatic nitrogens is 1. The van der Waals surface area contributed by atoms with Gasteiger partial charge in [0.25, 0.3) is 0 Å². The standard InChI is InChI=1S/C10H9N3O3S/c11-10(16)13-8-6(9(14)15)3-7(17-8)5-1-2-12-4-5/h1-4,12H,(H,14,15)(H3,11,13,16). The second-order valence-electron chi connectivity index (χ2n) is 3.25. The Labute approximate surface area is 100 Å². The van der Waals surface area contributed by atoms with Crippen LogP contribution in [-0.4, -0.2) is 22.1 Å². The number of amides is 2. The minimum atomic E-state index is -1.10. The predicted molar refractivity (Wildman–Crippen MR) is 64.3 cm³/mol. The van der Waals surface area contributed by atoms with Crippen molar-refractivity contribution >= 4 is 28.3 Å². The van der Waals surface area contributed by atoms with Crippen LogP contribution in [0.2, 0.25) is 0 Å². The van der Waals surface area contributed by atoms with Gasteiger partial charge in [-0.05, 0) is 12.1 Å². The molecule has 2 aromatic rings. The van der Waals surface area contributed by atoms with E-state index in [1.807, 2.05) is 6.07 Å². The summed E-state index contributed by atoms with van der Waals surface area (Å²) in [6, 6.07) is 2.53. The van der Waals surface area contributed by atoms with Crippen molar-refractivity contribution in [2.45, 2.75) is 0 Å². The maximum atomic E-state index is 11.0. The normalized spacial score (nSPS) is 10.1. The third-order valence-electron chi connectivity index (χ3n) is 2.08. The summed E-state index contributed by atoms with van der Waals surface area (Å²) in [7, 11) is 0. The van der Waals surface area contributed by atoms with E-state index in [2.05, 4.69) is 10.3 Å². The van der Waals surface area contributed by atoms with Gasteiger partial charge in [-0.2, -0.15) is 0 Å². The summed E-state index contributed by atoms with van der Waals surface area (Å²) in [5, 5.41) is 11.5. The summed E-state index contributed by atoms with van der Waals surface area (Å²) < 4.78 is 0. The lowest BCUT2D eigenvalue weighted by Gasteiger charge is -1.98. The van der Waals surface area contributed by atoms with Crippen LogP contribution in [0.4, 0.5) is 9.80 Å². The molecule has 6 nitrogen and oxygen atoms in total. The van der Waals surface area contributed by atoms with E-state index in [0.29, 0.717) is 0 Å². The van der Waals surface area contributed by atoms with E-state index in [1.165, 1.54) is 6.07 Å². The van der Waals surface area contributed by atoms with Crippen molar-refractivity contribution < 1.29 is 14.7 Å². The number of rotatable bonds is 3. The van der Waals surface area contributed by atoms with Crippen molar-refractivity contribution in [3.8, 4) is 10.4 Å². The van der Waals surface area contributed by atoms with Gasteiger partial charge >= 0.3 is 12.0 Å². The number of carboxylic acids is 1. The van der Waals surface area contributed by atoms with Crippen LogP contribution < -0.4 is 11.1 Å². The van der Waals surface area contributed by atoms with Crippen LogP contribution in [0.3, 0.4) is 0 Å². The van der Waals surface area contributed by atoms with Crippen molar-refractivity contribution in [1.82, 2.24) is 4.98 Å². The molecule has 2 rings (SSSR count). The first kappa shape index (κ1) is 11.2. The van der Waals surface area contributed by atoms with Gasteiger partial charge in [0.15, 0.2) is 0 Å². The zero-order chi connectivity index (χ0) is 12.4. The molecule has 0 saturated carbocycles. The van der Waals surface area contributed by atoms with Gasteiger partial charge < -0.3 is 15.8 Å². The third kappa shape index (κ3) is 2.28. The molecule has 5 N–H and O–H groups in total. The van der Waals surface area contributed by atoms with Crippen LogP contribution in [-0.2, 0) is 0 Å². The number of hydrogen-bond acceptors (Lipinski definition) is 3. The van der Waals surface area contributed by atoms with Gasteiger partial charge in [0.2, 0.25) is 0 Å². The number of aromatic carboxylic acids is 1. The molecular weight excluding hydrogens is 242 g/mol. The highest BCUT2D eigenvalue weighted by Gasteiger charge is 2.17. The number of carboxylic acid groups (broad SMARTS) is 1. The fraction of sp³-hybridized carbons (Fsp3) is 0. The number of carbonyl (C=O) groups is 2. The smallest absolute Gasteiger partial charge is 0.338 e. The van der Waals surface area contributed by atoms with E-state index in [9.17, 15) is 9.59 Å². The van der Waals surface area contributed by atoms with Crippen LogP contribution in [0, 0.1) is 0 Å². The van der Waals surface area contributed by atoms with Gasteiger partial charge in [-0.1, -0.05) is 0 Å². The molecule has 2 aromatic heterocycles. The first-order valence-corrected chi connectivity index (χ1v) is 5.46. The molecule has 0 aliphatic carbocycles. The molecule has 17 heavy (non-hydrogen) atoms. The first-order valence-electron chi connectivity index (χ1n) is 4.64. The molecule has 0 radical (unpaired) electrons. The number of anilines is 1. The average molecular weight is 251 g/mol. The summed E-state index contributed by atoms with van der Waals surface area (Å²) in [5.41, 5.74) is 5.87. The van der Waals surface area contributed by atoms with Crippen LogP contribution in [0.1, 0.15) is 10.4 Å². The number of carbonyl (C=O) groups excluding carboxylic acids is 1. The number of urea groups is 1. The fourth-order valence-corrected chi connectivity index (χ4v) is 2.42. The zero-order valence-corrected chi connectivity index (χ0v) is 9.38. The highest BCUT2D eigenvalue weighted by molar-refractivity contribution is 7.20. The lowest BCUT2D eigenvalue weighted by atomic mass is 10.2. The molecule has 2 amide bonds. The predicted octanol–water partition coefficient (Wildman–Crippen LogP) is 1.93. The molecule has 0 unspecified atom stereocenters. The van der Waals surface area contributed by atoms with Crippen molar-refractivity contribution in [2.24, 2.45) is 5.73 Å². The number of hydrogen-bond donors (Lipinski definition) is 4. The van der Waals surface area contributed by atoms with Gasteiger partial charge in [-0.15, -0.1) is 11.3 Å². The van der Waals surface area contributed by atoms with Crippen LogP contribution in [0.15, 0.2) is 24.5 Å². The summed E-state index contributed by atoms with van der Waals surface area (Å²) in [4.78, 5) is 25.4. The Hall–Kier alpha value is -2.28. The molecule has 0 fully saturated rings. The Bertz CT molecular complexity index is 559. The fourth-order valence-electron chi connectivity index (χ4n) is 1.37. The van der Waals surface area contributed by atoms with Crippen molar-refractivity contribution in [1.29, 1.82) is 0 Å². The van der Waals surface area contributed by atoms with E-state index < -0.39 is 12.0 Å². The largest absolute Gasteiger partial charge is 0.478 e. The van der Waals surface area contributed by atoms with Crippen molar-refractivity contribution in [2.75, 3.05) is 5.32 Å². The SMILES string of the molecule is NC(=O)Nc1sc(-c2cc[nH]c2)cc1C(=O)O. The van der Waals surface area contributed by atoms with Crippen LogP contribution in [0.5, 0.6) is 0 Å². The molecule has 7 heteroatoms. The highest BCUT2D eigenvalue weighted by atomic mass is 32.1. The quantitative estimate of drug-likeness (QED) is 0.669. The first-order chi connectivity index (χ1) is 8.08. The second-order valence-corrected chi connectivity index (χ2v) is 4.30. The second kappa shape index (κ2) is 4.30. The summed E-state index contributed by atoms with van der Waals surface area (Å²) in [5.74, 6) is -1.10. The minimum Gasteiger partial charge on any atom is -0.478 e. The van der Waals surface area contributed by atoms with Crippen LogP contribution >= 0.6 is 11.3 Å². The highest BCUT2D eigenvalue weighted by Crippen LogP contribution is 2.35. The zero-order valence-electron chi connectivity index (χ0n) is 8.56. The minimum absolute atomic E-state index is 0.0324. The van der Waals surface area contributed by atoms with Crippen molar-refractivity contribution in [3.63, 3.8) is 0 Å². The third-order valence-corrected chi connectivity index (χ3v) is 3.18. The number of aromatic amines is 1. The molecular formula is C10H9N3O3S. The van der Waals surface area contributed by atoms with Gasteiger partial charge in [0, 0.05) is 22.8 Å². The Morgan fingerprint density at radius 1 is 1.47 bits per heavy atom. The van der Waals surface area contributed by atoms with E-state index in [4.69, 9.17) is 10.8 Å². The van der Waals surface area contributed by atoms with E-state index in [1.54, 1.807) is 12.4 Å². The number of primary amides is 1. The monoisotopic (exact) mass is 251 g/mol. The molecule has 0 aliphatic rings. The Balaban J connectivity index is 2.44. The van der Waals surface area contributed by atoms with Gasteiger partial charge in [-0.3, -0.25) is 5.32 Å². The lowest BCUT2D eigenvalue weighted by molar-refractivity contribution is 0.0698. The summed E-state index contributed by atoms with van der Waals surface area (Å²) >= 11 is 1.16. The van der Waals surface area contributed by atoms with E-state index in [0.717, 1.165) is 21.8 Å². The molecule has 88 valence electrons. The molecule has 0 atom stereocenters. The number of thiophene rings is 1. The van der Waals surface area contributed by atoms with Crippen molar-refractivity contribution in [3.05, 3.63) is 30.1 Å². The molecule has 0 aromatic carbocycles. The maximum absolute atomic E-state index is 11.0. The Kier molecular flexibility index (Phi) is 2.84. The Morgan fingerprint density at radius 2 is 2.24 bits per heavy atom. The topological polar surface area (TPSA) is 108 Å². The van der Waals surface area contributed by atoms with Gasteiger partial charge in [0.1, 0.15) is 5.00 Å². The van der Waals surface area contributed by atoms with Gasteiger partial charge in [0.05, 0.1) is 5.56 Å². The maximum Gasteiger partial charge on any atom is 0.338 e. The molecule has 2 heterocycles. The van der Waals surface area contributed by atoms with E-state index >= 15 is 0 Å². The van der Waals surface area contributed by atoms with Gasteiger partial charge in [-0.25, -0.2) is 9.59 Å². The molecule has 0 saturated heterocycles. The average Bonchev–Trinajstić information content (AvgIpc) is 2.82. The summed E-state index contributed by atoms with van der Waals surface area (Å²) in [6.45, 7) is 0. The Morgan fingerprint density at radius 3 is 2.76 bits per heavy atom. The molecule has 0 bridgehead atoms. The number of H-pyrrole nitrogens is 1. The molecule has 0 spiro atoms.